The van der Waals surface area contributed by atoms with E-state index >= 15 is 0 Å². The van der Waals surface area contributed by atoms with Crippen molar-refractivity contribution in [2.75, 3.05) is 12.8 Å². The average Bonchev–Trinajstić information content (AvgIpc) is 2.66. The number of nitrogens with one attached hydrogen (secondary N) is 1. The van der Waals surface area contributed by atoms with Gasteiger partial charge >= 0.3 is 0 Å². The maximum Gasteiger partial charge on any atom is 0.0418 e. The lowest BCUT2D eigenvalue weighted by Crippen LogP contribution is -2.33. The van der Waals surface area contributed by atoms with Crippen LogP contribution in [0, 0.1) is 0 Å². The van der Waals surface area contributed by atoms with Gasteiger partial charge in [-0.25, -0.2) is 0 Å². The molecular formula is C12H16ClNS. The predicted octanol–water partition coefficient (Wildman–Crippen LogP) is 3.66. The summed E-state index contributed by atoms with van der Waals surface area (Å²) in [7, 11) is 0. The Morgan fingerprint density at radius 3 is 2.87 bits per heavy atom. The van der Waals surface area contributed by atoms with Crippen LogP contribution in [0.4, 0.5) is 0 Å². The normalized spacial score (nSPS) is 25.8. The second-order valence-electron chi connectivity index (χ2n) is 4.21. The van der Waals surface area contributed by atoms with Crippen molar-refractivity contribution in [2.45, 2.75) is 30.2 Å². The van der Waals surface area contributed by atoms with Gasteiger partial charge in [0.1, 0.15) is 0 Å². The lowest BCUT2D eigenvalue weighted by molar-refractivity contribution is 0.427. The van der Waals surface area contributed by atoms with Crippen LogP contribution in [0.3, 0.4) is 0 Å². The van der Waals surface area contributed by atoms with Gasteiger partial charge in [0.05, 0.1) is 0 Å². The fourth-order valence-electron chi connectivity index (χ4n) is 2.24. The van der Waals surface area contributed by atoms with Gasteiger partial charge in [0.2, 0.25) is 0 Å². The van der Waals surface area contributed by atoms with Crippen molar-refractivity contribution >= 4 is 23.4 Å². The zero-order valence-electron chi connectivity index (χ0n) is 9.14. The second kappa shape index (κ2) is 4.36. The van der Waals surface area contributed by atoms with Crippen molar-refractivity contribution in [1.82, 2.24) is 5.32 Å². The highest BCUT2D eigenvalue weighted by Crippen LogP contribution is 2.37. The molecule has 1 aromatic rings. The molecule has 15 heavy (non-hydrogen) atoms. The highest BCUT2D eigenvalue weighted by atomic mass is 35.5. The molecule has 1 aromatic carbocycles. The molecule has 0 bridgehead atoms. The fraction of sp³-hybridized carbons (Fsp3) is 0.500. The highest BCUT2D eigenvalue weighted by molar-refractivity contribution is 7.98. The Kier molecular flexibility index (Phi) is 3.29. The Morgan fingerprint density at radius 2 is 2.27 bits per heavy atom. The minimum atomic E-state index is 0.114. The molecule has 1 aliphatic heterocycles. The topological polar surface area (TPSA) is 12.0 Å². The van der Waals surface area contributed by atoms with Crippen LogP contribution in [0.2, 0.25) is 5.02 Å². The number of rotatable bonds is 2. The first-order valence-corrected chi connectivity index (χ1v) is 6.85. The van der Waals surface area contributed by atoms with Crippen molar-refractivity contribution in [3.63, 3.8) is 0 Å². The summed E-state index contributed by atoms with van der Waals surface area (Å²) in [6.07, 6.45) is 4.56. The molecule has 0 aromatic heterocycles. The highest BCUT2D eigenvalue weighted by Gasteiger charge is 2.31. The van der Waals surface area contributed by atoms with Gasteiger partial charge in [0.25, 0.3) is 0 Å². The third-order valence-corrected chi connectivity index (χ3v) is 4.16. The smallest absolute Gasteiger partial charge is 0.0418 e. The molecule has 82 valence electrons. The van der Waals surface area contributed by atoms with Gasteiger partial charge in [-0.3, -0.25) is 0 Å². The Balaban J connectivity index is 2.44. The van der Waals surface area contributed by atoms with Crippen LogP contribution < -0.4 is 5.32 Å². The van der Waals surface area contributed by atoms with E-state index in [2.05, 4.69) is 30.6 Å². The lowest BCUT2D eigenvalue weighted by Gasteiger charge is -2.27. The van der Waals surface area contributed by atoms with E-state index in [0.29, 0.717) is 0 Å². The van der Waals surface area contributed by atoms with E-state index in [0.717, 1.165) is 11.6 Å². The molecule has 0 aliphatic carbocycles. The van der Waals surface area contributed by atoms with Gasteiger partial charge in [-0.05, 0) is 56.3 Å². The first kappa shape index (κ1) is 11.3. The average molecular weight is 242 g/mol. The van der Waals surface area contributed by atoms with Gasteiger partial charge < -0.3 is 5.32 Å². The van der Waals surface area contributed by atoms with Crippen molar-refractivity contribution in [3.05, 3.63) is 28.8 Å². The molecule has 1 nitrogen and oxygen atoms in total. The van der Waals surface area contributed by atoms with Crippen molar-refractivity contribution in [2.24, 2.45) is 0 Å². The second-order valence-corrected chi connectivity index (χ2v) is 5.49. The number of halogens is 1. The SMILES string of the molecule is CSc1ccc(Cl)cc1C1(C)CCCN1. The van der Waals surface area contributed by atoms with E-state index in [1.165, 1.54) is 23.3 Å². The standard InChI is InChI=1S/C12H16ClNS/c1-12(6-3-7-14-12)10-8-9(13)4-5-11(10)15-2/h4-5,8,14H,3,6-7H2,1-2H3. The molecule has 1 heterocycles. The van der Waals surface area contributed by atoms with Crippen LogP contribution in [0.25, 0.3) is 0 Å². The third kappa shape index (κ3) is 2.17. The largest absolute Gasteiger partial charge is 0.308 e. The summed E-state index contributed by atoms with van der Waals surface area (Å²) in [5, 5.41) is 4.41. The molecule has 1 unspecified atom stereocenters. The Morgan fingerprint density at radius 1 is 1.47 bits per heavy atom. The van der Waals surface area contributed by atoms with Crippen LogP contribution in [-0.4, -0.2) is 12.8 Å². The number of benzene rings is 1. The van der Waals surface area contributed by atoms with Crippen molar-refractivity contribution < 1.29 is 0 Å². The molecule has 2 rings (SSSR count). The summed E-state index contributed by atoms with van der Waals surface area (Å²) in [5.74, 6) is 0. The summed E-state index contributed by atoms with van der Waals surface area (Å²) in [6, 6.07) is 6.19. The molecule has 0 radical (unpaired) electrons. The van der Waals surface area contributed by atoms with Crippen LogP contribution in [-0.2, 0) is 5.54 Å². The van der Waals surface area contributed by atoms with Gasteiger partial charge in [-0.1, -0.05) is 11.6 Å². The van der Waals surface area contributed by atoms with E-state index in [4.69, 9.17) is 11.6 Å². The minimum Gasteiger partial charge on any atom is -0.308 e. The van der Waals surface area contributed by atoms with Crippen molar-refractivity contribution in [3.8, 4) is 0 Å². The summed E-state index contributed by atoms with van der Waals surface area (Å²) in [5.41, 5.74) is 1.46. The molecule has 1 atom stereocenters. The number of hydrogen-bond donors (Lipinski definition) is 1. The van der Waals surface area contributed by atoms with Gasteiger partial charge in [-0.2, -0.15) is 0 Å². The van der Waals surface area contributed by atoms with E-state index in [9.17, 15) is 0 Å². The molecule has 1 saturated heterocycles. The molecule has 0 spiro atoms. The van der Waals surface area contributed by atoms with Crippen LogP contribution in [0.5, 0.6) is 0 Å². The van der Waals surface area contributed by atoms with Gasteiger partial charge in [0.15, 0.2) is 0 Å². The molecule has 1 N–H and O–H groups in total. The van der Waals surface area contributed by atoms with Crippen LogP contribution in [0.1, 0.15) is 25.3 Å². The van der Waals surface area contributed by atoms with E-state index in [1.54, 1.807) is 11.8 Å². The maximum atomic E-state index is 6.08. The molecule has 0 saturated carbocycles. The first-order valence-electron chi connectivity index (χ1n) is 5.25. The summed E-state index contributed by atoms with van der Waals surface area (Å²) >= 11 is 7.87. The zero-order valence-corrected chi connectivity index (χ0v) is 10.7. The summed E-state index contributed by atoms with van der Waals surface area (Å²) in [6.45, 7) is 3.38. The summed E-state index contributed by atoms with van der Waals surface area (Å²) < 4.78 is 0. The number of hydrogen-bond acceptors (Lipinski definition) is 2. The number of thioether (sulfide) groups is 1. The molecule has 3 heteroatoms. The predicted molar refractivity (Wildman–Crippen MR) is 67.8 cm³/mol. The molecular weight excluding hydrogens is 226 g/mol. The lowest BCUT2D eigenvalue weighted by atomic mass is 9.90. The fourth-order valence-corrected chi connectivity index (χ4v) is 3.12. The van der Waals surface area contributed by atoms with Crippen LogP contribution >= 0.6 is 23.4 Å². The monoisotopic (exact) mass is 241 g/mol. The Labute approximate surface area is 101 Å². The Bertz CT molecular complexity index is 359. The first-order chi connectivity index (χ1) is 7.15. The Hall–Kier alpha value is -0.180. The van der Waals surface area contributed by atoms with Gasteiger partial charge in [-0.15, -0.1) is 11.8 Å². The minimum absolute atomic E-state index is 0.114. The molecule has 0 amide bonds. The van der Waals surface area contributed by atoms with Gasteiger partial charge in [0, 0.05) is 15.5 Å². The van der Waals surface area contributed by atoms with E-state index in [-0.39, 0.29) is 5.54 Å². The van der Waals surface area contributed by atoms with Crippen molar-refractivity contribution in [1.29, 1.82) is 0 Å². The third-order valence-electron chi connectivity index (χ3n) is 3.12. The summed E-state index contributed by atoms with van der Waals surface area (Å²) in [4.78, 5) is 1.33. The zero-order chi connectivity index (χ0) is 10.9. The molecule has 1 fully saturated rings. The maximum absolute atomic E-state index is 6.08. The van der Waals surface area contributed by atoms with Crippen LogP contribution in [0.15, 0.2) is 23.1 Å². The quantitative estimate of drug-likeness (QED) is 0.794. The molecule has 1 aliphatic rings. The van der Waals surface area contributed by atoms with E-state index < -0.39 is 0 Å². The van der Waals surface area contributed by atoms with E-state index in [1.807, 2.05) is 6.07 Å².